The van der Waals surface area contributed by atoms with Gasteiger partial charge in [-0.2, -0.15) is 0 Å². The SMILES string of the molecule is COc1ccc(CC(=O)N(Cc2ccc(F)cc2)C2CC2)cc1F. The Kier molecular flexibility index (Phi) is 4.79. The van der Waals surface area contributed by atoms with Gasteiger partial charge in [0.2, 0.25) is 5.91 Å². The van der Waals surface area contributed by atoms with Crippen LogP contribution < -0.4 is 4.74 Å². The van der Waals surface area contributed by atoms with Crippen molar-refractivity contribution in [3.8, 4) is 5.75 Å². The summed E-state index contributed by atoms with van der Waals surface area (Å²) in [6.07, 6.45) is 2.09. The third-order valence-electron chi connectivity index (χ3n) is 4.15. The van der Waals surface area contributed by atoms with Crippen molar-refractivity contribution in [2.24, 2.45) is 0 Å². The lowest BCUT2D eigenvalue weighted by atomic mass is 10.1. The zero-order valence-corrected chi connectivity index (χ0v) is 13.5. The molecule has 3 nitrogen and oxygen atoms in total. The molecule has 0 bridgehead atoms. The Morgan fingerprint density at radius 1 is 1.12 bits per heavy atom. The average molecular weight is 331 g/mol. The first-order chi connectivity index (χ1) is 11.6. The zero-order chi connectivity index (χ0) is 17.1. The maximum absolute atomic E-state index is 13.8. The molecule has 1 saturated carbocycles. The van der Waals surface area contributed by atoms with Crippen LogP contribution in [0.4, 0.5) is 8.78 Å². The molecule has 0 aliphatic heterocycles. The van der Waals surface area contributed by atoms with Gasteiger partial charge in [-0.3, -0.25) is 4.79 Å². The van der Waals surface area contributed by atoms with Crippen molar-refractivity contribution in [3.63, 3.8) is 0 Å². The number of methoxy groups -OCH3 is 1. The van der Waals surface area contributed by atoms with Crippen LogP contribution in [0.2, 0.25) is 0 Å². The highest BCUT2D eigenvalue weighted by molar-refractivity contribution is 5.79. The van der Waals surface area contributed by atoms with Gasteiger partial charge in [0.25, 0.3) is 0 Å². The van der Waals surface area contributed by atoms with Crippen LogP contribution in [0, 0.1) is 11.6 Å². The summed E-state index contributed by atoms with van der Waals surface area (Å²) in [6, 6.07) is 10.9. The number of rotatable bonds is 6. The molecule has 126 valence electrons. The fourth-order valence-corrected chi connectivity index (χ4v) is 2.69. The van der Waals surface area contributed by atoms with E-state index in [0.717, 1.165) is 18.4 Å². The van der Waals surface area contributed by atoms with Gasteiger partial charge < -0.3 is 9.64 Å². The Labute approximate surface area is 139 Å². The second kappa shape index (κ2) is 6.99. The monoisotopic (exact) mass is 331 g/mol. The Hall–Kier alpha value is -2.43. The highest BCUT2D eigenvalue weighted by Gasteiger charge is 2.32. The standard InChI is InChI=1S/C19H19F2NO2/c1-24-18-9-4-14(10-17(18)21)11-19(23)22(16-7-8-16)12-13-2-5-15(20)6-3-13/h2-6,9-10,16H,7-8,11-12H2,1H3. The van der Waals surface area contributed by atoms with Crippen LogP contribution in [0.15, 0.2) is 42.5 Å². The molecule has 0 radical (unpaired) electrons. The number of ether oxygens (including phenoxy) is 1. The van der Waals surface area contributed by atoms with E-state index < -0.39 is 5.82 Å². The van der Waals surface area contributed by atoms with Gasteiger partial charge >= 0.3 is 0 Å². The first-order valence-corrected chi connectivity index (χ1v) is 7.93. The second-order valence-corrected chi connectivity index (χ2v) is 6.02. The molecule has 0 spiro atoms. The van der Waals surface area contributed by atoms with Crippen LogP contribution in [0.1, 0.15) is 24.0 Å². The van der Waals surface area contributed by atoms with E-state index in [2.05, 4.69) is 0 Å². The van der Waals surface area contributed by atoms with E-state index >= 15 is 0 Å². The largest absolute Gasteiger partial charge is 0.494 e. The van der Waals surface area contributed by atoms with Crippen molar-refractivity contribution in [2.75, 3.05) is 7.11 Å². The zero-order valence-electron chi connectivity index (χ0n) is 13.5. The van der Waals surface area contributed by atoms with Crippen LogP contribution in [0.5, 0.6) is 5.75 Å². The van der Waals surface area contributed by atoms with Gasteiger partial charge in [0.05, 0.1) is 13.5 Å². The number of hydrogen-bond donors (Lipinski definition) is 0. The lowest BCUT2D eigenvalue weighted by Gasteiger charge is -2.23. The van der Waals surface area contributed by atoms with Gasteiger partial charge in [-0.25, -0.2) is 8.78 Å². The van der Waals surface area contributed by atoms with Crippen molar-refractivity contribution in [3.05, 3.63) is 65.2 Å². The lowest BCUT2D eigenvalue weighted by Crippen LogP contribution is -2.33. The molecule has 2 aromatic rings. The molecule has 2 aromatic carbocycles. The van der Waals surface area contributed by atoms with E-state index in [1.54, 1.807) is 23.1 Å². The quantitative estimate of drug-likeness (QED) is 0.808. The van der Waals surface area contributed by atoms with E-state index in [9.17, 15) is 13.6 Å². The third kappa shape index (κ3) is 3.91. The number of carbonyl (C=O) groups excluding carboxylic acids is 1. The van der Waals surface area contributed by atoms with Crippen LogP contribution in [-0.4, -0.2) is 24.0 Å². The summed E-state index contributed by atoms with van der Waals surface area (Å²) in [5, 5.41) is 0. The number of amides is 1. The normalized spacial score (nSPS) is 13.6. The fourth-order valence-electron chi connectivity index (χ4n) is 2.69. The number of benzene rings is 2. The molecular weight excluding hydrogens is 312 g/mol. The van der Waals surface area contributed by atoms with E-state index in [1.165, 1.54) is 31.4 Å². The number of halogens is 2. The van der Waals surface area contributed by atoms with Crippen molar-refractivity contribution in [1.82, 2.24) is 4.90 Å². The average Bonchev–Trinajstić information content (AvgIpc) is 3.39. The molecule has 0 heterocycles. The lowest BCUT2D eigenvalue weighted by molar-refractivity contribution is -0.131. The van der Waals surface area contributed by atoms with Crippen molar-refractivity contribution in [1.29, 1.82) is 0 Å². The maximum atomic E-state index is 13.8. The van der Waals surface area contributed by atoms with Gasteiger partial charge in [-0.05, 0) is 48.2 Å². The van der Waals surface area contributed by atoms with E-state index in [-0.39, 0.29) is 29.9 Å². The van der Waals surface area contributed by atoms with Gasteiger partial charge in [-0.1, -0.05) is 18.2 Å². The third-order valence-corrected chi connectivity index (χ3v) is 4.15. The highest BCUT2D eigenvalue weighted by Crippen LogP contribution is 2.29. The minimum absolute atomic E-state index is 0.0496. The summed E-state index contributed by atoms with van der Waals surface area (Å²) in [5.74, 6) is -0.654. The van der Waals surface area contributed by atoms with Gasteiger partial charge in [0, 0.05) is 12.6 Å². The summed E-state index contributed by atoms with van der Waals surface area (Å²) in [4.78, 5) is 14.4. The minimum Gasteiger partial charge on any atom is -0.494 e. The molecule has 0 aromatic heterocycles. The molecule has 1 fully saturated rings. The Balaban J connectivity index is 1.70. The Morgan fingerprint density at radius 3 is 2.38 bits per heavy atom. The highest BCUT2D eigenvalue weighted by atomic mass is 19.1. The van der Waals surface area contributed by atoms with E-state index in [1.807, 2.05) is 0 Å². The molecule has 0 N–H and O–H groups in total. The van der Waals surface area contributed by atoms with E-state index in [0.29, 0.717) is 12.1 Å². The second-order valence-electron chi connectivity index (χ2n) is 6.02. The smallest absolute Gasteiger partial charge is 0.227 e. The number of nitrogens with zero attached hydrogens (tertiary/aromatic N) is 1. The molecule has 1 aliphatic carbocycles. The van der Waals surface area contributed by atoms with Crippen molar-refractivity contribution < 1.29 is 18.3 Å². The minimum atomic E-state index is -0.473. The topological polar surface area (TPSA) is 29.5 Å². The van der Waals surface area contributed by atoms with Crippen LogP contribution >= 0.6 is 0 Å². The summed E-state index contributed by atoms with van der Waals surface area (Å²) < 4.78 is 31.7. The van der Waals surface area contributed by atoms with Gasteiger partial charge in [0.1, 0.15) is 5.82 Å². The van der Waals surface area contributed by atoms with E-state index in [4.69, 9.17) is 4.74 Å². The number of hydrogen-bond acceptors (Lipinski definition) is 2. The molecule has 3 rings (SSSR count). The molecule has 1 aliphatic rings. The first-order valence-electron chi connectivity index (χ1n) is 7.93. The van der Waals surface area contributed by atoms with Crippen LogP contribution in [-0.2, 0) is 17.8 Å². The fraction of sp³-hybridized carbons (Fsp3) is 0.316. The number of carbonyl (C=O) groups is 1. The van der Waals surface area contributed by atoms with Crippen LogP contribution in [0.3, 0.4) is 0 Å². The molecule has 24 heavy (non-hydrogen) atoms. The summed E-state index contributed by atoms with van der Waals surface area (Å²) in [5.41, 5.74) is 1.50. The summed E-state index contributed by atoms with van der Waals surface area (Å²) in [6.45, 7) is 0.447. The molecule has 0 saturated heterocycles. The maximum Gasteiger partial charge on any atom is 0.227 e. The molecule has 1 amide bonds. The molecule has 5 heteroatoms. The molecule has 0 unspecified atom stereocenters. The van der Waals surface area contributed by atoms with Crippen molar-refractivity contribution >= 4 is 5.91 Å². The molecular formula is C19H19F2NO2. The predicted molar refractivity (Wildman–Crippen MR) is 86.6 cm³/mol. The molecule has 0 atom stereocenters. The first kappa shape index (κ1) is 16.4. The predicted octanol–water partition coefficient (Wildman–Crippen LogP) is 3.71. The van der Waals surface area contributed by atoms with Crippen molar-refractivity contribution in [2.45, 2.75) is 31.8 Å². The Morgan fingerprint density at radius 2 is 1.79 bits per heavy atom. The summed E-state index contributed by atoms with van der Waals surface area (Å²) in [7, 11) is 1.40. The Bertz CT molecular complexity index is 727. The summed E-state index contributed by atoms with van der Waals surface area (Å²) >= 11 is 0. The van der Waals surface area contributed by atoms with Crippen LogP contribution in [0.25, 0.3) is 0 Å². The van der Waals surface area contributed by atoms with Gasteiger partial charge in [0.15, 0.2) is 11.6 Å². The van der Waals surface area contributed by atoms with Gasteiger partial charge in [-0.15, -0.1) is 0 Å².